The van der Waals surface area contributed by atoms with Gasteiger partial charge in [-0.25, -0.2) is 14.8 Å². The number of ether oxygens (including phenoxy) is 2. The summed E-state index contributed by atoms with van der Waals surface area (Å²) in [5, 5.41) is 12.2. The second-order valence-electron chi connectivity index (χ2n) is 6.68. The second kappa shape index (κ2) is 8.64. The van der Waals surface area contributed by atoms with Crippen molar-refractivity contribution >= 4 is 11.8 Å². The molecule has 0 aliphatic carbocycles. The molecule has 2 aromatic rings. The van der Waals surface area contributed by atoms with Crippen LogP contribution in [0.25, 0.3) is 0 Å². The lowest BCUT2D eigenvalue weighted by Gasteiger charge is -2.31. The molecule has 29 heavy (non-hydrogen) atoms. The van der Waals surface area contributed by atoms with Crippen LogP contribution in [-0.4, -0.2) is 40.1 Å². The molecule has 156 valence electrons. The summed E-state index contributed by atoms with van der Waals surface area (Å²) in [6, 6.07) is 5.67. The first-order valence-electron chi connectivity index (χ1n) is 9.03. The number of carboxylic acid groups (broad SMARTS) is 1. The van der Waals surface area contributed by atoms with Gasteiger partial charge in [0.1, 0.15) is 17.9 Å². The molecule has 2 unspecified atom stereocenters. The number of alkyl halides is 3. The van der Waals surface area contributed by atoms with E-state index < -0.39 is 12.3 Å². The first kappa shape index (κ1) is 20.8. The summed E-state index contributed by atoms with van der Waals surface area (Å²) in [5.74, 6) is -0.972. The predicted molar refractivity (Wildman–Crippen MR) is 96.8 cm³/mol. The van der Waals surface area contributed by atoms with E-state index in [9.17, 15) is 18.0 Å². The van der Waals surface area contributed by atoms with Gasteiger partial charge >= 0.3 is 12.3 Å². The third-order valence-electron chi connectivity index (χ3n) is 4.62. The maximum absolute atomic E-state index is 12.3. The second-order valence-corrected chi connectivity index (χ2v) is 6.68. The predicted octanol–water partition coefficient (Wildman–Crippen LogP) is 4.10. The van der Waals surface area contributed by atoms with Crippen LogP contribution in [0.3, 0.4) is 0 Å². The molecule has 0 radical (unpaired) electrons. The fourth-order valence-electron chi connectivity index (χ4n) is 3.23. The van der Waals surface area contributed by atoms with Gasteiger partial charge in [0.2, 0.25) is 0 Å². The number of nitrogens with zero attached hydrogens (tertiary/aromatic N) is 2. The number of rotatable bonds is 6. The Bertz CT molecular complexity index is 859. The van der Waals surface area contributed by atoms with Gasteiger partial charge in [0.25, 0.3) is 0 Å². The van der Waals surface area contributed by atoms with Crippen LogP contribution < -0.4 is 10.1 Å². The molecule has 1 aromatic carbocycles. The Labute approximate surface area is 164 Å². The van der Waals surface area contributed by atoms with Crippen LogP contribution in [0.1, 0.15) is 47.0 Å². The van der Waals surface area contributed by atoms with E-state index in [0.29, 0.717) is 17.9 Å². The van der Waals surface area contributed by atoms with E-state index in [-0.39, 0.29) is 23.7 Å². The third-order valence-corrected chi connectivity index (χ3v) is 4.62. The maximum Gasteiger partial charge on any atom is 0.573 e. The molecule has 1 aliphatic heterocycles. The Balaban J connectivity index is 1.60. The number of carbonyl (C=O) groups is 1. The van der Waals surface area contributed by atoms with Crippen molar-refractivity contribution in [2.24, 2.45) is 0 Å². The highest BCUT2D eigenvalue weighted by Crippen LogP contribution is 2.33. The van der Waals surface area contributed by atoms with Gasteiger partial charge in [-0.05, 0) is 43.9 Å². The molecule has 1 saturated heterocycles. The normalized spacial score (nSPS) is 19.6. The zero-order valence-electron chi connectivity index (χ0n) is 15.6. The molecule has 0 amide bonds. The lowest BCUT2D eigenvalue weighted by Crippen LogP contribution is -2.29. The van der Waals surface area contributed by atoms with Crippen molar-refractivity contribution in [3.05, 3.63) is 47.4 Å². The molecule has 1 fully saturated rings. The summed E-state index contributed by atoms with van der Waals surface area (Å²) in [5.41, 5.74) is 1.15. The molecule has 0 saturated carbocycles. The van der Waals surface area contributed by atoms with Gasteiger partial charge in [0, 0.05) is 12.1 Å². The largest absolute Gasteiger partial charge is 0.573 e. The molecule has 0 bridgehead atoms. The van der Waals surface area contributed by atoms with Crippen molar-refractivity contribution < 1.29 is 32.5 Å². The highest BCUT2D eigenvalue weighted by Gasteiger charge is 2.31. The van der Waals surface area contributed by atoms with Crippen molar-refractivity contribution in [3.8, 4) is 5.75 Å². The van der Waals surface area contributed by atoms with E-state index in [1.807, 2.05) is 0 Å². The fourth-order valence-corrected chi connectivity index (χ4v) is 3.23. The minimum atomic E-state index is -4.72. The number of anilines is 1. The van der Waals surface area contributed by atoms with Crippen molar-refractivity contribution in [3.63, 3.8) is 0 Å². The minimum absolute atomic E-state index is 0.0638. The molecule has 7 nitrogen and oxygen atoms in total. The summed E-state index contributed by atoms with van der Waals surface area (Å²) in [4.78, 5) is 19.0. The molecular weight excluding hydrogens is 391 g/mol. The summed E-state index contributed by atoms with van der Waals surface area (Å²) in [7, 11) is 0. The van der Waals surface area contributed by atoms with Crippen LogP contribution in [0.4, 0.5) is 19.0 Å². The van der Waals surface area contributed by atoms with Gasteiger partial charge in [-0.15, -0.1) is 13.2 Å². The van der Waals surface area contributed by atoms with E-state index in [1.54, 1.807) is 19.1 Å². The van der Waals surface area contributed by atoms with Crippen molar-refractivity contribution in [2.75, 3.05) is 11.9 Å². The minimum Gasteiger partial charge on any atom is -0.476 e. The SMILES string of the molecule is Cc1c(NCC2CCCC(c3ccc(OC(F)(F)F)cc3)O2)ncnc1C(=O)O. The number of aromatic nitrogens is 2. The number of halogens is 3. The Morgan fingerprint density at radius 1 is 1.28 bits per heavy atom. The Morgan fingerprint density at radius 3 is 2.66 bits per heavy atom. The number of nitrogens with one attached hydrogen (secondary N) is 1. The van der Waals surface area contributed by atoms with E-state index in [2.05, 4.69) is 20.0 Å². The first-order chi connectivity index (χ1) is 13.7. The zero-order chi connectivity index (χ0) is 21.0. The van der Waals surface area contributed by atoms with Crippen LogP contribution in [0.2, 0.25) is 0 Å². The Kier molecular flexibility index (Phi) is 6.21. The van der Waals surface area contributed by atoms with Crippen molar-refractivity contribution in [2.45, 2.75) is 44.8 Å². The van der Waals surface area contributed by atoms with Crippen LogP contribution >= 0.6 is 0 Å². The monoisotopic (exact) mass is 411 g/mol. The zero-order valence-corrected chi connectivity index (χ0v) is 15.6. The highest BCUT2D eigenvalue weighted by molar-refractivity contribution is 5.88. The maximum atomic E-state index is 12.3. The average molecular weight is 411 g/mol. The fraction of sp³-hybridized carbons (Fsp3) is 0.421. The van der Waals surface area contributed by atoms with E-state index in [4.69, 9.17) is 9.84 Å². The number of hydrogen-bond donors (Lipinski definition) is 2. The molecule has 2 N–H and O–H groups in total. The Hall–Kier alpha value is -2.88. The van der Waals surface area contributed by atoms with Gasteiger partial charge in [-0.2, -0.15) is 0 Å². The Morgan fingerprint density at radius 2 is 2.00 bits per heavy atom. The van der Waals surface area contributed by atoms with Gasteiger partial charge in [-0.1, -0.05) is 12.1 Å². The first-order valence-corrected chi connectivity index (χ1v) is 9.03. The number of carboxylic acids is 1. The quantitative estimate of drug-likeness (QED) is 0.739. The lowest BCUT2D eigenvalue weighted by atomic mass is 9.98. The summed E-state index contributed by atoms with van der Waals surface area (Å²) in [6.07, 6.45) is -1.48. The molecule has 0 spiro atoms. The van der Waals surface area contributed by atoms with Crippen LogP contribution in [0, 0.1) is 6.92 Å². The molecule has 2 atom stereocenters. The lowest BCUT2D eigenvalue weighted by molar-refractivity contribution is -0.274. The molecule has 2 heterocycles. The topological polar surface area (TPSA) is 93.6 Å². The standard InChI is InChI=1S/C19H20F3N3O4/c1-11-16(18(26)27)24-10-25-17(11)23-9-14-3-2-4-15(28-14)12-5-7-13(8-6-12)29-19(20,21)22/h5-8,10,14-15H,2-4,9H2,1H3,(H,26,27)(H,23,24,25). The number of aromatic carboxylic acids is 1. The molecular formula is C19H20F3N3O4. The summed E-state index contributed by atoms with van der Waals surface area (Å²) >= 11 is 0. The van der Waals surface area contributed by atoms with Gasteiger partial charge in [0.05, 0.1) is 12.2 Å². The van der Waals surface area contributed by atoms with Gasteiger partial charge in [0.15, 0.2) is 5.69 Å². The van der Waals surface area contributed by atoms with Crippen molar-refractivity contribution in [1.29, 1.82) is 0 Å². The summed E-state index contributed by atoms with van der Waals surface area (Å²) < 4.78 is 46.8. The third kappa shape index (κ3) is 5.57. The molecule has 10 heteroatoms. The van der Waals surface area contributed by atoms with Crippen LogP contribution in [0.15, 0.2) is 30.6 Å². The van der Waals surface area contributed by atoms with E-state index in [0.717, 1.165) is 24.8 Å². The smallest absolute Gasteiger partial charge is 0.476 e. The highest BCUT2D eigenvalue weighted by atomic mass is 19.4. The molecule has 3 rings (SSSR count). The van der Waals surface area contributed by atoms with Crippen molar-refractivity contribution in [1.82, 2.24) is 9.97 Å². The van der Waals surface area contributed by atoms with Crippen LogP contribution in [0.5, 0.6) is 5.75 Å². The van der Waals surface area contributed by atoms with Gasteiger partial charge in [-0.3, -0.25) is 0 Å². The number of benzene rings is 1. The molecule has 1 aromatic heterocycles. The van der Waals surface area contributed by atoms with E-state index in [1.165, 1.54) is 18.5 Å². The van der Waals surface area contributed by atoms with Crippen LogP contribution in [-0.2, 0) is 4.74 Å². The molecule has 1 aliphatic rings. The number of hydrogen-bond acceptors (Lipinski definition) is 6. The average Bonchev–Trinajstić information content (AvgIpc) is 2.66. The van der Waals surface area contributed by atoms with Gasteiger partial charge < -0.3 is 19.9 Å². The van der Waals surface area contributed by atoms with E-state index >= 15 is 0 Å². The summed E-state index contributed by atoms with van der Waals surface area (Å²) in [6.45, 7) is 2.05.